The van der Waals surface area contributed by atoms with Gasteiger partial charge in [0.05, 0.1) is 11.4 Å². The van der Waals surface area contributed by atoms with Gasteiger partial charge in [0.15, 0.2) is 0 Å². The lowest BCUT2D eigenvalue weighted by Gasteiger charge is -2.24. The van der Waals surface area contributed by atoms with Crippen molar-refractivity contribution in [1.29, 1.82) is 0 Å². The molecule has 2 aliphatic rings. The van der Waals surface area contributed by atoms with Crippen molar-refractivity contribution in [3.05, 3.63) is 48.3 Å². The van der Waals surface area contributed by atoms with Gasteiger partial charge in [-0.1, -0.05) is 18.2 Å². The van der Waals surface area contributed by atoms with Gasteiger partial charge < -0.3 is 5.32 Å². The van der Waals surface area contributed by atoms with Crippen molar-refractivity contribution in [3.8, 4) is 5.69 Å². The van der Waals surface area contributed by atoms with Crippen molar-refractivity contribution in [2.45, 2.75) is 25.4 Å². The topological polar surface area (TPSA) is 50.2 Å². The summed E-state index contributed by atoms with van der Waals surface area (Å²) in [5, 5.41) is 7.78. The van der Waals surface area contributed by atoms with Crippen LogP contribution < -0.4 is 5.32 Å². The average molecular weight is 296 g/mol. The summed E-state index contributed by atoms with van der Waals surface area (Å²) in [5.41, 5.74) is 2.16. The first-order chi connectivity index (χ1) is 10.8. The molecule has 2 saturated heterocycles. The Labute approximate surface area is 129 Å². The number of carbonyl (C=O) groups excluding carboxylic acids is 1. The highest BCUT2D eigenvalue weighted by molar-refractivity contribution is 5.77. The van der Waals surface area contributed by atoms with Crippen molar-refractivity contribution >= 4 is 5.91 Å². The van der Waals surface area contributed by atoms with Crippen molar-refractivity contribution in [2.75, 3.05) is 13.1 Å². The Morgan fingerprint density at radius 2 is 2.05 bits per heavy atom. The van der Waals surface area contributed by atoms with Crippen LogP contribution in [0.4, 0.5) is 0 Å². The molecule has 1 aromatic heterocycles. The number of amides is 1. The predicted octanol–water partition coefficient (Wildman–Crippen LogP) is 1.58. The minimum absolute atomic E-state index is 0.205. The maximum Gasteiger partial charge on any atom is 0.220 e. The zero-order chi connectivity index (χ0) is 14.9. The van der Waals surface area contributed by atoms with Crippen LogP contribution >= 0.6 is 0 Å². The van der Waals surface area contributed by atoms with E-state index in [0.717, 1.165) is 37.4 Å². The van der Waals surface area contributed by atoms with E-state index in [1.54, 1.807) is 0 Å². The summed E-state index contributed by atoms with van der Waals surface area (Å²) in [4.78, 5) is 13.9. The van der Waals surface area contributed by atoms with Gasteiger partial charge in [-0.3, -0.25) is 9.69 Å². The number of rotatable bonds is 3. The lowest BCUT2D eigenvalue weighted by Crippen LogP contribution is -2.44. The minimum Gasteiger partial charge on any atom is -0.352 e. The van der Waals surface area contributed by atoms with Gasteiger partial charge >= 0.3 is 0 Å². The number of likely N-dealkylation sites (tertiary alicyclic amines) is 1. The first-order valence-electron chi connectivity index (χ1n) is 7.89. The lowest BCUT2D eigenvalue weighted by atomic mass is 9.94. The van der Waals surface area contributed by atoms with E-state index in [4.69, 9.17) is 0 Å². The van der Waals surface area contributed by atoms with Crippen LogP contribution in [0.25, 0.3) is 5.69 Å². The Hall–Kier alpha value is -2.14. The molecule has 5 nitrogen and oxygen atoms in total. The third-order valence-corrected chi connectivity index (χ3v) is 4.66. The SMILES string of the molecule is O=C1CCC2CN(Cc3ccn(-c4ccccc4)n3)CC2N1. The number of nitrogens with one attached hydrogen (secondary N) is 1. The summed E-state index contributed by atoms with van der Waals surface area (Å²) < 4.78 is 1.92. The zero-order valence-corrected chi connectivity index (χ0v) is 12.5. The summed E-state index contributed by atoms with van der Waals surface area (Å²) in [5.74, 6) is 0.811. The highest BCUT2D eigenvalue weighted by Gasteiger charge is 2.36. The Morgan fingerprint density at radius 3 is 2.91 bits per heavy atom. The van der Waals surface area contributed by atoms with Crippen LogP contribution in [0.3, 0.4) is 0 Å². The fourth-order valence-electron chi connectivity index (χ4n) is 3.54. The van der Waals surface area contributed by atoms with Gasteiger partial charge in [0.2, 0.25) is 5.91 Å². The zero-order valence-electron chi connectivity index (χ0n) is 12.5. The molecule has 0 saturated carbocycles. The Kier molecular flexibility index (Phi) is 3.42. The van der Waals surface area contributed by atoms with Crippen LogP contribution in [0.5, 0.6) is 0 Å². The van der Waals surface area contributed by atoms with Crippen LogP contribution in [0, 0.1) is 5.92 Å². The summed E-state index contributed by atoms with van der Waals surface area (Å²) in [6.07, 6.45) is 3.71. The first kappa shape index (κ1) is 13.5. The molecule has 1 N–H and O–H groups in total. The highest BCUT2D eigenvalue weighted by Crippen LogP contribution is 2.26. The number of piperidine rings is 1. The fraction of sp³-hybridized carbons (Fsp3) is 0.412. The number of para-hydroxylation sites is 1. The number of hydrogen-bond acceptors (Lipinski definition) is 3. The van der Waals surface area contributed by atoms with E-state index in [0.29, 0.717) is 18.4 Å². The molecule has 2 aliphatic heterocycles. The summed E-state index contributed by atoms with van der Waals surface area (Å²) in [6, 6.07) is 12.6. The molecule has 2 atom stereocenters. The van der Waals surface area contributed by atoms with E-state index in [2.05, 4.69) is 33.5 Å². The summed E-state index contributed by atoms with van der Waals surface area (Å²) >= 11 is 0. The number of hydrogen-bond donors (Lipinski definition) is 1. The molecule has 5 heteroatoms. The van der Waals surface area contributed by atoms with Gasteiger partial charge in [0.25, 0.3) is 0 Å². The number of aromatic nitrogens is 2. The Morgan fingerprint density at radius 1 is 1.18 bits per heavy atom. The van der Waals surface area contributed by atoms with Gasteiger partial charge in [0, 0.05) is 38.3 Å². The number of benzene rings is 1. The molecule has 0 bridgehead atoms. The largest absolute Gasteiger partial charge is 0.352 e. The first-order valence-corrected chi connectivity index (χ1v) is 7.89. The van der Waals surface area contributed by atoms with Crippen molar-refractivity contribution < 1.29 is 4.79 Å². The smallest absolute Gasteiger partial charge is 0.220 e. The third-order valence-electron chi connectivity index (χ3n) is 4.66. The second kappa shape index (κ2) is 5.57. The standard InChI is InChI=1S/C17H20N4O/c22-17-7-6-13-10-20(12-16(13)18-17)11-14-8-9-21(19-14)15-4-2-1-3-5-15/h1-5,8-9,13,16H,6-7,10-12H2,(H,18,22). The van der Waals surface area contributed by atoms with Crippen molar-refractivity contribution in [1.82, 2.24) is 20.0 Å². The molecule has 22 heavy (non-hydrogen) atoms. The molecule has 2 aromatic rings. The minimum atomic E-state index is 0.205. The maximum atomic E-state index is 11.5. The van der Waals surface area contributed by atoms with E-state index in [-0.39, 0.29) is 5.91 Å². The van der Waals surface area contributed by atoms with Crippen LogP contribution in [0.15, 0.2) is 42.6 Å². The van der Waals surface area contributed by atoms with Crippen LogP contribution in [0.1, 0.15) is 18.5 Å². The molecular weight excluding hydrogens is 276 g/mol. The normalized spacial score (nSPS) is 25.0. The van der Waals surface area contributed by atoms with Crippen LogP contribution in [0.2, 0.25) is 0 Å². The maximum absolute atomic E-state index is 11.5. The molecule has 1 aromatic carbocycles. The molecule has 0 spiro atoms. The Balaban J connectivity index is 1.42. The van der Waals surface area contributed by atoms with E-state index in [1.165, 1.54) is 0 Å². The van der Waals surface area contributed by atoms with Gasteiger partial charge in [-0.15, -0.1) is 0 Å². The molecule has 2 fully saturated rings. The van der Waals surface area contributed by atoms with E-state index in [9.17, 15) is 4.79 Å². The third kappa shape index (κ3) is 2.64. The number of fused-ring (bicyclic) bond motifs is 1. The molecule has 1 amide bonds. The molecule has 114 valence electrons. The lowest BCUT2D eigenvalue weighted by molar-refractivity contribution is -0.123. The summed E-state index contributed by atoms with van der Waals surface area (Å²) in [7, 11) is 0. The summed E-state index contributed by atoms with van der Waals surface area (Å²) in [6.45, 7) is 2.85. The van der Waals surface area contributed by atoms with E-state index >= 15 is 0 Å². The average Bonchev–Trinajstić information content (AvgIpc) is 3.14. The fourth-order valence-corrected chi connectivity index (χ4v) is 3.54. The van der Waals surface area contributed by atoms with Crippen molar-refractivity contribution in [2.24, 2.45) is 5.92 Å². The van der Waals surface area contributed by atoms with Gasteiger partial charge in [-0.25, -0.2) is 4.68 Å². The highest BCUT2D eigenvalue weighted by atomic mass is 16.1. The van der Waals surface area contributed by atoms with E-state index in [1.807, 2.05) is 29.1 Å². The van der Waals surface area contributed by atoms with Crippen LogP contribution in [-0.4, -0.2) is 39.7 Å². The van der Waals surface area contributed by atoms with Gasteiger partial charge in [-0.2, -0.15) is 5.10 Å². The molecule has 0 aliphatic carbocycles. The molecule has 4 rings (SSSR count). The quantitative estimate of drug-likeness (QED) is 0.935. The van der Waals surface area contributed by atoms with Gasteiger partial charge in [0.1, 0.15) is 0 Å². The number of carbonyl (C=O) groups is 1. The van der Waals surface area contributed by atoms with Crippen LogP contribution in [-0.2, 0) is 11.3 Å². The van der Waals surface area contributed by atoms with Gasteiger partial charge in [-0.05, 0) is 30.5 Å². The molecule has 2 unspecified atom stereocenters. The number of nitrogens with zero attached hydrogens (tertiary/aromatic N) is 3. The van der Waals surface area contributed by atoms with Crippen molar-refractivity contribution in [3.63, 3.8) is 0 Å². The second-order valence-electron chi connectivity index (χ2n) is 6.25. The molecule has 3 heterocycles. The second-order valence-corrected chi connectivity index (χ2v) is 6.25. The predicted molar refractivity (Wildman–Crippen MR) is 83.5 cm³/mol. The monoisotopic (exact) mass is 296 g/mol. The van der Waals surface area contributed by atoms with E-state index < -0.39 is 0 Å². The molecule has 0 radical (unpaired) electrons. The Bertz CT molecular complexity index is 666. The molecular formula is C17H20N4O.